The molecule has 120 valence electrons. The third kappa shape index (κ3) is 4.07. The second kappa shape index (κ2) is 7.23. The van der Waals surface area contributed by atoms with Crippen LogP contribution in [0.2, 0.25) is 0 Å². The molecule has 1 aromatic heterocycles. The molecule has 1 aromatic carbocycles. The molecule has 0 radical (unpaired) electrons. The standard InChI is InChI=1S/C16H17N3O3S/c20-15(12-18-7-8-22-16(18)21)19(11-14-17-6-9-23-14)10-13-4-2-1-3-5-13/h1-6,9H,7-8,10-12H2. The fourth-order valence-electron chi connectivity index (χ4n) is 2.36. The Labute approximate surface area is 138 Å². The number of ether oxygens (including phenoxy) is 1. The van der Waals surface area contributed by atoms with Gasteiger partial charge >= 0.3 is 6.09 Å². The van der Waals surface area contributed by atoms with Crippen molar-refractivity contribution < 1.29 is 14.3 Å². The average molecular weight is 331 g/mol. The molecule has 1 aliphatic rings. The number of thiazole rings is 1. The van der Waals surface area contributed by atoms with E-state index in [-0.39, 0.29) is 12.5 Å². The molecule has 2 amide bonds. The van der Waals surface area contributed by atoms with E-state index in [4.69, 9.17) is 4.74 Å². The molecule has 3 rings (SSSR count). The Morgan fingerprint density at radius 3 is 2.78 bits per heavy atom. The van der Waals surface area contributed by atoms with Gasteiger partial charge in [0.2, 0.25) is 5.91 Å². The van der Waals surface area contributed by atoms with Gasteiger partial charge in [0.05, 0.1) is 13.1 Å². The highest BCUT2D eigenvalue weighted by Crippen LogP contribution is 2.13. The van der Waals surface area contributed by atoms with Crippen molar-refractivity contribution in [2.75, 3.05) is 19.7 Å². The molecule has 0 aliphatic carbocycles. The van der Waals surface area contributed by atoms with E-state index in [1.165, 1.54) is 16.2 Å². The molecule has 7 heteroatoms. The molecule has 0 unspecified atom stereocenters. The minimum atomic E-state index is -0.424. The van der Waals surface area contributed by atoms with Crippen molar-refractivity contribution in [3.8, 4) is 0 Å². The first kappa shape index (κ1) is 15.5. The van der Waals surface area contributed by atoms with Crippen LogP contribution in [-0.4, -0.2) is 46.5 Å². The van der Waals surface area contributed by atoms with Gasteiger partial charge in [0, 0.05) is 18.1 Å². The molecular formula is C16H17N3O3S. The molecule has 1 fully saturated rings. The Morgan fingerprint density at radius 1 is 1.30 bits per heavy atom. The van der Waals surface area contributed by atoms with E-state index in [9.17, 15) is 9.59 Å². The van der Waals surface area contributed by atoms with Gasteiger partial charge in [-0.1, -0.05) is 30.3 Å². The fraction of sp³-hybridized carbons (Fsp3) is 0.312. The van der Waals surface area contributed by atoms with Crippen molar-refractivity contribution >= 4 is 23.3 Å². The first-order chi connectivity index (χ1) is 11.2. The quantitative estimate of drug-likeness (QED) is 0.813. The summed E-state index contributed by atoms with van der Waals surface area (Å²) in [5.41, 5.74) is 1.04. The van der Waals surface area contributed by atoms with Crippen LogP contribution < -0.4 is 0 Å². The van der Waals surface area contributed by atoms with Gasteiger partial charge in [0.1, 0.15) is 18.2 Å². The first-order valence-corrected chi connectivity index (χ1v) is 8.22. The minimum absolute atomic E-state index is 0.0387. The zero-order valence-electron chi connectivity index (χ0n) is 12.6. The maximum atomic E-state index is 12.6. The molecule has 2 heterocycles. The molecule has 6 nitrogen and oxygen atoms in total. The van der Waals surface area contributed by atoms with E-state index >= 15 is 0 Å². The van der Waals surface area contributed by atoms with Crippen molar-refractivity contribution in [2.24, 2.45) is 0 Å². The van der Waals surface area contributed by atoms with Gasteiger partial charge in [-0.2, -0.15) is 0 Å². The summed E-state index contributed by atoms with van der Waals surface area (Å²) < 4.78 is 4.88. The topological polar surface area (TPSA) is 62.7 Å². The number of nitrogens with zero attached hydrogens (tertiary/aromatic N) is 3. The number of benzene rings is 1. The van der Waals surface area contributed by atoms with Crippen LogP contribution in [-0.2, 0) is 22.6 Å². The molecule has 23 heavy (non-hydrogen) atoms. The highest BCUT2D eigenvalue weighted by atomic mass is 32.1. The van der Waals surface area contributed by atoms with Crippen LogP contribution in [0.1, 0.15) is 10.6 Å². The highest BCUT2D eigenvalue weighted by molar-refractivity contribution is 7.09. The predicted octanol–water partition coefficient (Wildman–Crippen LogP) is 2.12. The molecule has 2 aromatic rings. The number of carbonyl (C=O) groups is 2. The van der Waals surface area contributed by atoms with Crippen LogP contribution in [0.25, 0.3) is 0 Å². The summed E-state index contributed by atoms with van der Waals surface area (Å²) in [7, 11) is 0. The maximum absolute atomic E-state index is 12.6. The Bertz CT molecular complexity index is 660. The van der Waals surface area contributed by atoms with E-state index in [0.717, 1.165) is 10.6 Å². The van der Waals surface area contributed by atoms with E-state index in [1.54, 1.807) is 11.1 Å². The summed E-state index contributed by atoms with van der Waals surface area (Å²) in [6.07, 6.45) is 1.30. The van der Waals surface area contributed by atoms with Gasteiger partial charge < -0.3 is 9.64 Å². The van der Waals surface area contributed by atoms with Gasteiger partial charge in [-0.3, -0.25) is 9.69 Å². The molecule has 0 saturated carbocycles. The zero-order chi connectivity index (χ0) is 16.1. The van der Waals surface area contributed by atoms with Crippen LogP contribution in [0.3, 0.4) is 0 Å². The molecule has 0 N–H and O–H groups in total. The van der Waals surface area contributed by atoms with Gasteiger partial charge in [0.15, 0.2) is 0 Å². The number of hydrogen-bond donors (Lipinski definition) is 0. The number of carbonyl (C=O) groups excluding carboxylic acids is 2. The molecule has 0 spiro atoms. The van der Waals surface area contributed by atoms with Gasteiger partial charge in [-0.15, -0.1) is 11.3 Å². The first-order valence-electron chi connectivity index (χ1n) is 7.34. The van der Waals surface area contributed by atoms with Crippen LogP contribution in [0.5, 0.6) is 0 Å². The number of rotatable bonds is 6. The number of cyclic esters (lactones) is 1. The summed E-state index contributed by atoms with van der Waals surface area (Å²) in [6, 6.07) is 9.79. The monoisotopic (exact) mass is 331 g/mol. The van der Waals surface area contributed by atoms with E-state index < -0.39 is 6.09 Å². The number of aromatic nitrogens is 1. The molecule has 0 atom stereocenters. The lowest BCUT2D eigenvalue weighted by molar-refractivity contribution is -0.133. The smallest absolute Gasteiger partial charge is 0.410 e. The van der Waals surface area contributed by atoms with E-state index in [0.29, 0.717) is 26.2 Å². The van der Waals surface area contributed by atoms with Crippen LogP contribution >= 0.6 is 11.3 Å². The van der Waals surface area contributed by atoms with Crippen molar-refractivity contribution in [2.45, 2.75) is 13.1 Å². The Balaban J connectivity index is 1.70. The fourth-order valence-corrected chi connectivity index (χ4v) is 2.99. The predicted molar refractivity (Wildman–Crippen MR) is 85.7 cm³/mol. The molecular weight excluding hydrogens is 314 g/mol. The summed E-state index contributed by atoms with van der Waals surface area (Å²) in [5.74, 6) is -0.108. The minimum Gasteiger partial charge on any atom is -0.448 e. The SMILES string of the molecule is O=C(CN1CCOC1=O)N(Cc1ccccc1)Cc1nccs1. The van der Waals surface area contributed by atoms with E-state index in [1.807, 2.05) is 35.7 Å². The van der Waals surface area contributed by atoms with Crippen LogP contribution in [0.15, 0.2) is 41.9 Å². The number of amides is 2. The zero-order valence-corrected chi connectivity index (χ0v) is 13.4. The Morgan fingerprint density at radius 2 is 2.13 bits per heavy atom. The normalized spacial score (nSPS) is 13.9. The lowest BCUT2D eigenvalue weighted by Gasteiger charge is -2.24. The van der Waals surface area contributed by atoms with Gasteiger partial charge in [-0.05, 0) is 5.56 Å². The Hall–Kier alpha value is -2.41. The van der Waals surface area contributed by atoms with Crippen LogP contribution in [0.4, 0.5) is 4.79 Å². The number of hydrogen-bond acceptors (Lipinski definition) is 5. The largest absolute Gasteiger partial charge is 0.448 e. The van der Waals surface area contributed by atoms with Gasteiger partial charge in [0.25, 0.3) is 0 Å². The summed E-state index contributed by atoms with van der Waals surface area (Å²) in [5, 5.41) is 2.76. The van der Waals surface area contributed by atoms with Crippen LogP contribution in [0, 0.1) is 0 Å². The molecule has 0 bridgehead atoms. The molecule has 1 aliphatic heterocycles. The third-order valence-electron chi connectivity index (χ3n) is 3.55. The summed E-state index contributed by atoms with van der Waals surface area (Å²) in [6.45, 7) is 1.77. The van der Waals surface area contributed by atoms with E-state index in [2.05, 4.69) is 4.98 Å². The summed E-state index contributed by atoms with van der Waals surface area (Å²) in [4.78, 5) is 31.6. The third-order valence-corrected chi connectivity index (χ3v) is 4.31. The van der Waals surface area contributed by atoms with Crippen molar-refractivity contribution in [1.82, 2.24) is 14.8 Å². The van der Waals surface area contributed by atoms with Crippen molar-refractivity contribution in [1.29, 1.82) is 0 Å². The van der Waals surface area contributed by atoms with Crippen molar-refractivity contribution in [3.05, 3.63) is 52.5 Å². The van der Waals surface area contributed by atoms with Crippen molar-refractivity contribution in [3.63, 3.8) is 0 Å². The second-order valence-electron chi connectivity index (χ2n) is 5.20. The highest BCUT2D eigenvalue weighted by Gasteiger charge is 2.26. The van der Waals surface area contributed by atoms with Gasteiger partial charge in [-0.25, -0.2) is 9.78 Å². The lowest BCUT2D eigenvalue weighted by Crippen LogP contribution is -2.40. The maximum Gasteiger partial charge on any atom is 0.410 e. The second-order valence-corrected chi connectivity index (χ2v) is 6.18. The summed E-state index contributed by atoms with van der Waals surface area (Å²) >= 11 is 1.51. The lowest BCUT2D eigenvalue weighted by atomic mass is 10.2. The molecule has 1 saturated heterocycles. The Kier molecular flexibility index (Phi) is 4.87. The average Bonchev–Trinajstić information content (AvgIpc) is 3.20.